The number of hydrogen-bond acceptors (Lipinski definition) is 1. The minimum Gasteiger partial charge on any atom is -0.456 e. The van der Waals surface area contributed by atoms with Crippen LogP contribution in [0.4, 0.5) is 0 Å². The van der Waals surface area contributed by atoms with E-state index >= 15 is 0 Å². The van der Waals surface area contributed by atoms with Crippen molar-refractivity contribution in [3.63, 3.8) is 0 Å². The summed E-state index contributed by atoms with van der Waals surface area (Å²) in [4.78, 5) is 0. The van der Waals surface area contributed by atoms with Crippen molar-refractivity contribution in [2.24, 2.45) is 0 Å². The van der Waals surface area contributed by atoms with Crippen LogP contribution in [0.2, 0.25) is 57.2 Å². The third-order valence-electron chi connectivity index (χ3n) is 2.20. The molecule has 14 heavy (non-hydrogen) atoms. The predicted octanol–water partition coefficient (Wildman–Crippen LogP) is 2.61. The number of hydrogen-bond donors (Lipinski definition) is 0. The molecule has 5 heteroatoms. The molecule has 1 nitrogen and oxygen atoms in total. The summed E-state index contributed by atoms with van der Waals surface area (Å²) in [6, 6.07) is 0. The fourth-order valence-corrected chi connectivity index (χ4v) is 23.3. The molecule has 1 unspecified atom stereocenters. The highest BCUT2D eigenvalue weighted by Crippen LogP contribution is 2.20. The molecule has 0 aliphatic carbocycles. The van der Waals surface area contributed by atoms with Crippen molar-refractivity contribution in [1.82, 2.24) is 0 Å². The zero-order chi connectivity index (χ0) is 11.4. The second-order valence-electron chi connectivity index (χ2n) is 6.07. The van der Waals surface area contributed by atoms with Gasteiger partial charge in [-0.3, -0.25) is 0 Å². The van der Waals surface area contributed by atoms with Crippen molar-refractivity contribution >= 4 is 35.0 Å². The van der Waals surface area contributed by atoms with Crippen molar-refractivity contribution in [3.05, 3.63) is 0 Å². The molecule has 0 aromatic carbocycles. The molecule has 0 radical (unpaired) electrons. The SMILES string of the molecule is C[SiH2]C[SiH](C)C[Si](C)(C)O[Si](C)(C)C. The third kappa shape index (κ3) is 8.16. The van der Waals surface area contributed by atoms with E-state index in [1.165, 1.54) is 5.67 Å². The third-order valence-corrected chi connectivity index (χ3v) is 19.8. The highest BCUT2D eigenvalue weighted by atomic mass is 28.4. The van der Waals surface area contributed by atoms with Crippen molar-refractivity contribution in [2.45, 2.75) is 57.2 Å². The molecule has 0 rings (SSSR count). The quantitative estimate of drug-likeness (QED) is 0.670. The number of rotatable bonds is 6. The fourth-order valence-electron chi connectivity index (χ4n) is 2.30. The van der Waals surface area contributed by atoms with Crippen molar-refractivity contribution in [3.8, 4) is 0 Å². The van der Waals surface area contributed by atoms with Gasteiger partial charge in [-0.05, 0) is 38.4 Å². The average molecular weight is 265 g/mol. The van der Waals surface area contributed by atoms with Crippen molar-refractivity contribution in [1.29, 1.82) is 0 Å². The van der Waals surface area contributed by atoms with Crippen molar-refractivity contribution in [2.75, 3.05) is 0 Å². The Bertz CT molecular complexity index is 165. The van der Waals surface area contributed by atoms with E-state index in [1.807, 2.05) is 0 Å². The van der Waals surface area contributed by atoms with E-state index in [9.17, 15) is 0 Å². The molecule has 86 valence electrons. The molecule has 0 saturated carbocycles. The highest BCUT2D eigenvalue weighted by molar-refractivity contribution is 6.91. The molecule has 0 saturated heterocycles. The first-order valence-corrected chi connectivity index (χ1v) is 17.6. The Morgan fingerprint density at radius 3 is 2.00 bits per heavy atom. The Hall–Kier alpha value is 0.828. The first kappa shape index (κ1) is 14.8. The van der Waals surface area contributed by atoms with Gasteiger partial charge < -0.3 is 4.12 Å². The summed E-state index contributed by atoms with van der Waals surface area (Å²) >= 11 is 0. The fraction of sp³-hybridized carbons (Fsp3) is 1.00. The summed E-state index contributed by atoms with van der Waals surface area (Å²) in [6.07, 6.45) is 0. The first-order valence-electron chi connectivity index (χ1n) is 5.86. The van der Waals surface area contributed by atoms with Gasteiger partial charge in [0.1, 0.15) is 0 Å². The summed E-state index contributed by atoms with van der Waals surface area (Å²) in [7, 11) is -2.68. The zero-order valence-corrected chi connectivity index (χ0v) is 15.7. The summed E-state index contributed by atoms with van der Waals surface area (Å²) in [6.45, 7) is 16.8. The van der Waals surface area contributed by atoms with Crippen LogP contribution in [0.15, 0.2) is 0 Å². The van der Waals surface area contributed by atoms with Crippen LogP contribution in [0.5, 0.6) is 0 Å². The molecule has 0 heterocycles. The molecule has 0 bridgehead atoms. The average Bonchev–Trinajstić information content (AvgIpc) is 1.78. The maximum absolute atomic E-state index is 6.37. The summed E-state index contributed by atoms with van der Waals surface area (Å²) < 4.78 is 6.37. The van der Waals surface area contributed by atoms with Gasteiger partial charge in [-0.15, -0.1) is 0 Å². The van der Waals surface area contributed by atoms with E-state index in [1.54, 1.807) is 5.67 Å². The van der Waals surface area contributed by atoms with Crippen LogP contribution in [-0.4, -0.2) is 35.0 Å². The lowest BCUT2D eigenvalue weighted by molar-refractivity contribution is 0.556. The van der Waals surface area contributed by atoms with E-state index < -0.39 is 25.4 Å². The molecule has 0 aromatic rings. The van der Waals surface area contributed by atoms with Gasteiger partial charge in [0, 0.05) is 18.3 Å². The zero-order valence-electron chi connectivity index (χ0n) is 11.1. The molecule has 0 fully saturated rings. The summed E-state index contributed by atoms with van der Waals surface area (Å²) in [5.74, 6) is 0. The topological polar surface area (TPSA) is 9.23 Å². The molecule has 0 aliphatic heterocycles. The Morgan fingerprint density at radius 2 is 1.64 bits per heavy atom. The molecular formula is C9H28OSi4. The summed E-state index contributed by atoms with van der Waals surface area (Å²) in [5.41, 5.74) is 3.13. The standard InChI is InChI=1S/C9H28OSi4/c1-11-8-12(2)9-14(6,7)10-13(3,4)5/h12H,8-9,11H2,1-7H3. The Balaban J connectivity index is 4.06. The van der Waals surface area contributed by atoms with Crippen LogP contribution in [-0.2, 0) is 4.12 Å². The van der Waals surface area contributed by atoms with Crippen LogP contribution >= 0.6 is 0 Å². The smallest absolute Gasteiger partial charge is 0.170 e. The van der Waals surface area contributed by atoms with Gasteiger partial charge in [0.2, 0.25) is 0 Å². The summed E-state index contributed by atoms with van der Waals surface area (Å²) in [5, 5.41) is 0. The molecule has 1 atom stereocenters. The monoisotopic (exact) mass is 264 g/mol. The maximum Gasteiger partial charge on any atom is 0.170 e. The van der Waals surface area contributed by atoms with Crippen LogP contribution in [0.25, 0.3) is 0 Å². The van der Waals surface area contributed by atoms with Crippen molar-refractivity contribution < 1.29 is 4.12 Å². The highest BCUT2D eigenvalue weighted by Gasteiger charge is 2.30. The van der Waals surface area contributed by atoms with Gasteiger partial charge in [0.15, 0.2) is 16.6 Å². The van der Waals surface area contributed by atoms with E-state index in [2.05, 4.69) is 45.8 Å². The second-order valence-corrected chi connectivity index (χ2v) is 21.8. The molecule has 0 amide bonds. The molecule has 0 spiro atoms. The Kier molecular flexibility index (Phi) is 6.13. The van der Waals surface area contributed by atoms with Crippen LogP contribution in [0.1, 0.15) is 0 Å². The first-order chi connectivity index (χ1) is 6.16. The van der Waals surface area contributed by atoms with Crippen LogP contribution in [0.3, 0.4) is 0 Å². The van der Waals surface area contributed by atoms with Crippen LogP contribution < -0.4 is 0 Å². The lowest BCUT2D eigenvalue weighted by Gasteiger charge is -2.33. The predicted molar refractivity (Wildman–Crippen MR) is 78.9 cm³/mol. The largest absolute Gasteiger partial charge is 0.456 e. The van der Waals surface area contributed by atoms with Gasteiger partial charge in [-0.1, -0.05) is 18.8 Å². The molecule has 0 aromatic heterocycles. The minimum absolute atomic E-state index is 0.295. The Morgan fingerprint density at radius 1 is 1.14 bits per heavy atom. The van der Waals surface area contributed by atoms with Gasteiger partial charge >= 0.3 is 0 Å². The van der Waals surface area contributed by atoms with Crippen LogP contribution in [0, 0.1) is 0 Å². The van der Waals surface area contributed by atoms with E-state index in [0.29, 0.717) is 9.52 Å². The van der Waals surface area contributed by atoms with E-state index in [4.69, 9.17) is 4.12 Å². The van der Waals surface area contributed by atoms with E-state index in [0.717, 1.165) is 0 Å². The van der Waals surface area contributed by atoms with Gasteiger partial charge in [-0.2, -0.15) is 0 Å². The molecule has 0 aliphatic rings. The minimum atomic E-state index is -1.29. The lowest BCUT2D eigenvalue weighted by Crippen LogP contribution is -2.44. The Labute approximate surface area is 96.3 Å². The maximum atomic E-state index is 6.37. The van der Waals surface area contributed by atoms with E-state index in [-0.39, 0.29) is 0 Å². The van der Waals surface area contributed by atoms with Gasteiger partial charge in [0.05, 0.1) is 0 Å². The second kappa shape index (κ2) is 5.79. The lowest BCUT2D eigenvalue weighted by atomic mass is 11.8. The van der Waals surface area contributed by atoms with Gasteiger partial charge in [-0.25, -0.2) is 0 Å². The molecule has 0 N–H and O–H groups in total. The normalized spacial score (nSPS) is 16.5. The molecular weight excluding hydrogens is 236 g/mol. The van der Waals surface area contributed by atoms with Gasteiger partial charge in [0.25, 0.3) is 0 Å².